The van der Waals surface area contributed by atoms with Crippen LogP contribution in [0.2, 0.25) is 0 Å². The highest BCUT2D eigenvalue weighted by Crippen LogP contribution is 2.43. The zero-order chi connectivity index (χ0) is 23.8. The van der Waals surface area contributed by atoms with E-state index in [9.17, 15) is 9.59 Å². The fraction of sp³-hybridized carbons (Fsp3) is 0.200. The monoisotopic (exact) mass is 475 g/mol. The molecule has 2 aromatic carbocycles. The molecule has 4 aromatic rings. The van der Waals surface area contributed by atoms with Crippen LogP contribution in [0.5, 0.6) is 11.5 Å². The van der Waals surface area contributed by atoms with E-state index in [2.05, 4.69) is 16.8 Å². The van der Waals surface area contributed by atoms with Crippen LogP contribution in [0, 0.1) is 0 Å². The average molecular weight is 476 g/mol. The number of ether oxygens (including phenoxy) is 2. The normalized spacial score (nSPS) is 14.9. The van der Waals surface area contributed by atoms with Crippen molar-refractivity contribution in [1.29, 1.82) is 0 Å². The summed E-state index contributed by atoms with van der Waals surface area (Å²) in [5.41, 5.74) is 0.961. The molecule has 1 atom stereocenters. The molecule has 172 valence electrons. The van der Waals surface area contributed by atoms with Gasteiger partial charge in [0.2, 0.25) is 10.9 Å². The molecule has 1 aliphatic heterocycles. The third-order valence-corrected chi connectivity index (χ3v) is 6.65. The van der Waals surface area contributed by atoms with Gasteiger partial charge in [-0.3, -0.25) is 14.5 Å². The topological polar surface area (TPSA) is 94.8 Å². The first kappa shape index (κ1) is 21.8. The summed E-state index contributed by atoms with van der Waals surface area (Å²) in [6.07, 6.45) is 2.33. The van der Waals surface area contributed by atoms with Gasteiger partial charge in [0.25, 0.3) is 5.91 Å². The number of methoxy groups -OCH3 is 1. The van der Waals surface area contributed by atoms with Gasteiger partial charge in [0, 0.05) is 6.07 Å². The molecule has 1 aliphatic rings. The molecule has 1 unspecified atom stereocenters. The molecule has 3 heterocycles. The fourth-order valence-corrected chi connectivity index (χ4v) is 4.81. The van der Waals surface area contributed by atoms with Gasteiger partial charge in [-0.1, -0.05) is 43.0 Å². The van der Waals surface area contributed by atoms with Crippen molar-refractivity contribution in [3.63, 3.8) is 0 Å². The number of aromatic nitrogens is 2. The second-order valence-corrected chi connectivity index (χ2v) is 8.66. The van der Waals surface area contributed by atoms with Gasteiger partial charge in [-0.25, -0.2) is 0 Å². The molecular formula is C25H21N3O5S. The lowest BCUT2D eigenvalue weighted by molar-refractivity contribution is 0.0970. The van der Waals surface area contributed by atoms with Gasteiger partial charge in [0.05, 0.1) is 24.1 Å². The molecular weight excluding hydrogens is 454 g/mol. The van der Waals surface area contributed by atoms with E-state index in [4.69, 9.17) is 13.9 Å². The van der Waals surface area contributed by atoms with Gasteiger partial charge < -0.3 is 13.9 Å². The molecule has 0 aliphatic carbocycles. The molecule has 5 rings (SSSR count). The quantitative estimate of drug-likeness (QED) is 0.363. The maximum absolute atomic E-state index is 13.7. The largest absolute Gasteiger partial charge is 0.497 e. The van der Waals surface area contributed by atoms with Crippen molar-refractivity contribution in [3.05, 3.63) is 87.2 Å². The molecule has 0 spiro atoms. The van der Waals surface area contributed by atoms with E-state index in [0.717, 1.165) is 5.01 Å². The number of hydrogen-bond donors (Lipinski definition) is 0. The average Bonchev–Trinajstić information content (AvgIpc) is 3.45. The van der Waals surface area contributed by atoms with E-state index in [1.54, 1.807) is 24.3 Å². The summed E-state index contributed by atoms with van der Waals surface area (Å²) in [6.45, 7) is 5.97. The van der Waals surface area contributed by atoms with Gasteiger partial charge in [-0.2, -0.15) is 0 Å². The molecule has 0 bridgehead atoms. The van der Waals surface area contributed by atoms with Crippen LogP contribution in [-0.2, 0) is 6.42 Å². The van der Waals surface area contributed by atoms with Crippen LogP contribution < -0.4 is 19.8 Å². The predicted octanol–water partition coefficient (Wildman–Crippen LogP) is 4.53. The Morgan fingerprint density at radius 2 is 2.03 bits per heavy atom. The zero-order valence-corrected chi connectivity index (χ0v) is 19.4. The summed E-state index contributed by atoms with van der Waals surface area (Å²) in [5, 5.41) is 9.97. The Balaban J connectivity index is 1.74. The minimum atomic E-state index is -0.741. The summed E-state index contributed by atoms with van der Waals surface area (Å²) < 4.78 is 17.0. The highest BCUT2D eigenvalue weighted by Gasteiger charge is 2.45. The molecule has 2 aromatic heterocycles. The first-order valence-corrected chi connectivity index (χ1v) is 11.5. The van der Waals surface area contributed by atoms with E-state index in [1.165, 1.54) is 23.3 Å². The van der Waals surface area contributed by atoms with Gasteiger partial charge in [0.1, 0.15) is 28.7 Å². The lowest BCUT2D eigenvalue weighted by atomic mass is 9.98. The Kier molecular flexibility index (Phi) is 5.62. The molecule has 34 heavy (non-hydrogen) atoms. The number of carbonyl (C=O) groups is 1. The number of carbonyl (C=O) groups excluding carboxylic acids is 1. The Bertz CT molecular complexity index is 1480. The Morgan fingerprint density at radius 3 is 2.76 bits per heavy atom. The number of nitrogens with zero attached hydrogens (tertiary/aromatic N) is 3. The van der Waals surface area contributed by atoms with Crippen LogP contribution in [0.25, 0.3) is 11.0 Å². The smallest absolute Gasteiger partial charge is 0.297 e. The van der Waals surface area contributed by atoms with E-state index >= 15 is 0 Å². The second-order valence-electron chi connectivity index (χ2n) is 7.62. The molecule has 8 nitrogen and oxygen atoms in total. The molecule has 9 heteroatoms. The van der Waals surface area contributed by atoms with Crippen LogP contribution in [0.3, 0.4) is 0 Å². The van der Waals surface area contributed by atoms with Crippen molar-refractivity contribution < 1.29 is 18.7 Å². The summed E-state index contributed by atoms with van der Waals surface area (Å²) >= 11 is 1.31. The standard InChI is InChI=1S/C25H21N3O5S/c1-4-11-32-16-8-6-7-14(12-16)21-20-22(29)17-10-9-15(31-3)13-18(17)33-23(20)24(30)28(21)25-27-26-19(5-2)34-25/h4,6-10,12-13,21H,1,5,11H2,2-3H3. The minimum absolute atomic E-state index is 0.0126. The number of amides is 1. The third kappa shape index (κ3) is 3.54. The summed E-state index contributed by atoms with van der Waals surface area (Å²) in [4.78, 5) is 28.8. The fourth-order valence-electron chi connectivity index (χ4n) is 4.01. The zero-order valence-electron chi connectivity index (χ0n) is 18.6. The van der Waals surface area contributed by atoms with Crippen molar-refractivity contribution in [2.45, 2.75) is 19.4 Å². The lowest BCUT2D eigenvalue weighted by Crippen LogP contribution is -2.29. The van der Waals surface area contributed by atoms with E-state index in [1.807, 2.05) is 31.2 Å². The summed E-state index contributed by atoms with van der Waals surface area (Å²) in [7, 11) is 1.53. The molecule has 0 saturated heterocycles. The molecule has 0 saturated carbocycles. The van der Waals surface area contributed by atoms with Crippen LogP contribution in [-0.4, -0.2) is 29.8 Å². The maximum atomic E-state index is 13.7. The third-order valence-electron chi connectivity index (χ3n) is 5.59. The first-order valence-electron chi connectivity index (χ1n) is 10.7. The number of aryl methyl sites for hydroxylation is 1. The summed E-state index contributed by atoms with van der Waals surface area (Å²) in [5.74, 6) is 0.664. The van der Waals surface area contributed by atoms with Crippen LogP contribution in [0.4, 0.5) is 5.13 Å². The number of rotatable bonds is 7. The number of anilines is 1. The second kappa shape index (κ2) is 8.75. The number of fused-ring (bicyclic) bond motifs is 2. The molecule has 0 fully saturated rings. The van der Waals surface area contributed by atoms with Crippen LogP contribution in [0.15, 0.2) is 64.3 Å². The Morgan fingerprint density at radius 1 is 1.18 bits per heavy atom. The van der Waals surface area contributed by atoms with Crippen LogP contribution >= 0.6 is 11.3 Å². The predicted molar refractivity (Wildman–Crippen MR) is 129 cm³/mol. The Labute approximate surface area is 199 Å². The molecule has 0 N–H and O–H groups in total. The Hall–Kier alpha value is -3.98. The van der Waals surface area contributed by atoms with Crippen molar-refractivity contribution in [3.8, 4) is 11.5 Å². The first-order chi connectivity index (χ1) is 16.5. The highest BCUT2D eigenvalue weighted by molar-refractivity contribution is 7.15. The number of hydrogen-bond acceptors (Lipinski definition) is 8. The molecule has 0 radical (unpaired) electrons. The van der Waals surface area contributed by atoms with E-state index in [0.29, 0.717) is 40.6 Å². The van der Waals surface area contributed by atoms with Gasteiger partial charge >= 0.3 is 0 Å². The number of benzene rings is 2. The van der Waals surface area contributed by atoms with Crippen LogP contribution in [0.1, 0.15) is 39.7 Å². The lowest BCUT2D eigenvalue weighted by Gasteiger charge is -2.22. The molecule has 1 amide bonds. The van der Waals surface area contributed by atoms with Gasteiger partial charge in [-0.05, 0) is 36.2 Å². The van der Waals surface area contributed by atoms with Crippen molar-refractivity contribution in [1.82, 2.24) is 10.2 Å². The SMILES string of the molecule is C=CCOc1cccc(C2c3c(oc4cc(OC)ccc4c3=O)C(=O)N2c2nnc(CC)s2)c1. The van der Waals surface area contributed by atoms with Crippen molar-refractivity contribution in [2.24, 2.45) is 0 Å². The van der Waals surface area contributed by atoms with Gasteiger partial charge in [0.15, 0.2) is 5.43 Å². The maximum Gasteiger partial charge on any atom is 0.297 e. The van der Waals surface area contributed by atoms with E-state index < -0.39 is 11.9 Å². The summed E-state index contributed by atoms with van der Waals surface area (Å²) in [6, 6.07) is 11.5. The van der Waals surface area contributed by atoms with Crippen molar-refractivity contribution >= 4 is 33.3 Å². The van der Waals surface area contributed by atoms with Crippen molar-refractivity contribution in [2.75, 3.05) is 18.6 Å². The highest BCUT2D eigenvalue weighted by atomic mass is 32.1. The van der Waals surface area contributed by atoms with E-state index in [-0.39, 0.29) is 22.3 Å². The minimum Gasteiger partial charge on any atom is -0.497 e. The van der Waals surface area contributed by atoms with Gasteiger partial charge in [-0.15, -0.1) is 10.2 Å².